The topological polar surface area (TPSA) is 48.3 Å². The highest BCUT2D eigenvalue weighted by molar-refractivity contribution is 5.29. The van der Waals surface area contributed by atoms with Crippen molar-refractivity contribution >= 4 is 0 Å². The third-order valence-electron chi connectivity index (χ3n) is 4.92. The molecule has 1 saturated heterocycles. The maximum Gasteiger partial charge on any atom is 0.139 e. The molecule has 1 aromatic heterocycles. The molecular weight excluding hydrogens is 338 g/mol. The molecule has 27 heavy (non-hydrogen) atoms. The molecule has 1 aliphatic rings. The van der Waals surface area contributed by atoms with Crippen LogP contribution in [0.25, 0.3) is 0 Å². The fraction of sp³-hybridized carbons (Fsp3) is 0.318. The summed E-state index contributed by atoms with van der Waals surface area (Å²) in [5.41, 5.74) is 2.37. The van der Waals surface area contributed by atoms with Gasteiger partial charge < -0.3 is 19.4 Å². The molecule has 4 rings (SSSR count). The average molecular weight is 363 g/mol. The first-order chi connectivity index (χ1) is 13.3. The minimum atomic E-state index is 0.00233. The van der Waals surface area contributed by atoms with E-state index >= 15 is 0 Å². The standard InChI is InChI=1S/C22H25N3O2/c1-25-12-11-23-22(25)21-20(10-13-26-21)24-15-18-8-5-9-19(14-18)27-16-17-6-3-2-4-7-17/h2-9,11-12,14,20-21,24H,10,13,15-16H2,1H3/t20-,21-/m0/s1. The van der Waals surface area contributed by atoms with E-state index in [2.05, 4.69) is 34.6 Å². The van der Waals surface area contributed by atoms with Crippen LogP contribution in [0.15, 0.2) is 67.0 Å². The zero-order chi connectivity index (χ0) is 18.5. The summed E-state index contributed by atoms with van der Waals surface area (Å²) in [5.74, 6) is 1.87. The molecule has 0 saturated carbocycles. The van der Waals surface area contributed by atoms with E-state index < -0.39 is 0 Å². The first kappa shape index (κ1) is 17.8. The van der Waals surface area contributed by atoms with Crippen molar-refractivity contribution in [1.29, 1.82) is 0 Å². The van der Waals surface area contributed by atoms with Crippen LogP contribution in [0.2, 0.25) is 0 Å². The van der Waals surface area contributed by atoms with Crippen LogP contribution in [0, 0.1) is 0 Å². The molecule has 0 aliphatic carbocycles. The van der Waals surface area contributed by atoms with E-state index in [1.807, 2.05) is 54.3 Å². The number of hydrogen-bond donors (Lipinski definition) is 1. The number of imidazole rings is 1. The third-order valence-corrected chi connectivity index (χ3v) is 4.92. The lowest BCUT2D eigenvalue weighted by Gasteiger charge is -2.20. The number of benzene rings is 2. The minimum Gasteiger partial charge on any atom is -0.489 e. The van der Waals surface area contributed by atoms with Crippen LogP contribution in [0.4, 0.5) is 0 Å². The second-order valence-corrected chi connectivity index (χ2v) is 6.89. The monoisotopic (exact) mass is 363 g/mol. The van der Waals surface area contributed by atoms with Gasteiger partial charge in [-0.2, -0.15) is 0 Å². The molecule has 0 bridgehead atoms. The zero-order valence-electron chi connectivity index (χ0n) is 15.5. The molecule has 2 heterocycles. The van der Waals surface area contributed by atoms with Gasteiger partial charge in [0.25, 0.3) is 0 Å². The van der Waals surface area contributed by atoms with Gasteiger partial charge in [0.2, 0.25) is 0 Å². The smallest absolute Gasteiger partial charge is 0.139 e. The molecule has 1 fully saturated rings. The van der Waals surface area contributed by atoms with Gasteiger partial charge >= 0.3 is 0 Å². The van der Waals surface area contributed by atoms with Crippen LogP contribution in [0.5, 0.6) is 5.75 Å². The zero-order valence-corrected chi connectivity index (χ0v) is 15.5. The van der Waals surface area contributed by atoms with Gasteiger partial charge in [0.15, 0.2) is 0 Å². The number of aromatic nitrogens is 2. The molecule has 2 aromatic carbocycles. The van der Waals surface area contributed by atoms with Crippen molar-refractivity contribution in [2.24, 2.45) is 7.05 Å². The van der Waals surface area contributed by atoms with Gasteiger partial charge in [0.1, 0.15) is 24.3 Å². The lowest BCUT2D eigenvalue weighted by Crippen LogP contribution is -2.32. The molecule has 2 atom stereocenters. The Balaban J connectivity index is 1.35. The van der Waals surface area contributed by atoms with Crippen LogP contribution in [-0.4, -0.2) is 22.2 Å². The minimum absolute atomic E-state index is 0.00233. The number of nitrogens with one attached hydrogen (secondary N) is 1. The highest BCUT2D eigenvalue weighted by Crippen LogP contribution is 2.28. The van der Waals surface area contributed by atoms with Gasteiger partial charge in [-0.1, -0.05) is 42.5 Å². The Morgan fingerprint density at radius 2 is 2.00 bits per heavy atom. The van der Waals surface area contributed by atoms with Gasteiger partial charge in [-0.15, -0.1) is 0 Å². The molecule has 0 radical (unpaired) electrons. The molecular formula is C22H25N3O2. The number of nitrogens with zero attached hydrogens (tertiary/aromatic N) is 2. The Labute approximate surface area is 160 Å². The van der Waals surface area contributed by atoms with E-state index in [0.29, 0.717) is 6.61 Å². The fourth-order valence-electron chi connectivity index (χ4n) is 3.44. The Morgan fingerprint density at radius 3 is 2.81 bits per heavy atom. The van der Waals surface area contributed by atoms with Gasteiger partial charge in [-0.25, -0.2) is 4.98 Å². The summed E-state index contributed by atoms with van der Waals surface area (Å²) < 4.78 is 13.9. The van der Waals surface area contributed by atoms with Crippen LogP contribution in [0.3, 0.4) is 0 Å². The number of ether oxygens (including phenoxy) is 2. The van der Waals surface area contributed by atoms with Crippen molar-refractivity contribution in [3.8, 4) is 5.75 Å². The maximum atomic E-state index is 5.93. The summed E-state index contributed by atoms with van der Waals surface area (Å²) in [6, 6.07) is 18.7. The van der Waals surface area contributed by atoms with Crippen molar-refractivity contribution in [1.82, 2.24) is 14.9 Å². The predicted molar refractivity (Wildman–Crippen MR) is 104 cm³/mol. The second kappa shape index (κ2) is 8.37. The van der Waals surface area contributed by atoms with Gasteiger partial charge in [0.05, 0.1) is 0 Å². The van der Waals surface area contributed by atoms with Crippen molar-refractivity contribution in [3.63, 3.8) is 0 Å². The molecule has 1 aliphatic heterocycles. The van der Waals surface area contributed by atoms with Crippen LogP contribution in [0.1, 0.15) is 29.5 Å². The first-order valence-electron chi connectivity index (χ1n) is 9.37. The normalized spacial score (nSPS) is 19.3. The summed E-state index contributed by atoms with van der Waals surface area (Å²) in [6.45, 7) is 2.11. The van der Waals surface area contributed by atoms with E-state index in [1.165, 1.54) is 11.1 Å². The van der Waals surface area contributed by atoms with Crippen molar-refractivity contribution in [3.05, 3.63) is 83.9 Å². The SMILES string of the molecule is Cn1ccnc1[C@H]1OCC[C@@H]1NCc1cccc(OCc2ccccc2)c1. The van der Waals surface area contributed by atoms with Crippen LogP contribution < -0.4 is 10.1 Å². The van der Waals surface area contributed by atoms with Crippen molar-refractivity contribution in [2.45, 2.75) is 31.7 Å². The number of hydrogen-bond acceptors (Lipinski definition) is 4. The predicted octanol–water partition coefficient (Wildman–Crippen LogP) is 3.62. The second-order valence-electron chi connectivity index (χ2n) is 6.89. The van der Waals surface area contributed by atoms with Crippen LogP contribution >= 0.6 is 0 Å². The van der Waals surface area contributed by atoms with Gasteiger partial charge in [-0.05, 0) is 29.7 Å². The molecule has 0 spiro atoms. The Hall–Kier alpha value is -2.63. The third kappa shape index (κ3) is 4.38. The van der Waals surface area contributed by atoms with Crippen molar-refractivity contribution in [2.75, 3.05) is 6.61 Å². The van der Waals surface area contributed by atoms with Gasteiger partial charge in [-0.3, -0.25) is 0 Å². The Morgan fingerprint density at radius 1 is 1.15 bits per heavy atom. The molecule has 0 amide bonds. The molecule has 5 heteroatoms. The molecule has 5 nitrogen and oxygen atoms in total. The maximum absolute atomic E-state index is 5.93. The van der Waals surface area contributed by atoms with Crippen LogP contribution in [-0.2, 0) is 24.9 Å². The largest absolute Gasteiger partial charge is 0.489 e. The number of rotatable bonds is 7. The average Bonchev–Trinajstić information content (AvgIpc) is 3.34. The number of aryl methyl sites for hydroxylation is 1. The van der Waals surface area contributed by atoms with E-state index in [4.69, 9.17) is 9.47 Å². The Bertz CT molecular complexity index is 863. The van der Waals surface area contributed by atoms with E-state index in [0.717, 1.165) is 31.1 Å². The summed E-state index contributed by atoms with van der Waals surface area (Å²) in [5, 5.41) is 3.63. The van der Waals surface area contributed by atoms with E-state index in [9.17, 15) is 0 Å². The highest BCUT2D eigenvalue weighted by Gasteiger charge is 2.31. The van der Waals surface area contributed by atoms with Crippen molar-refractivity contribution < 1.29 is 9.47 Å². The molecule has 1 N–H and O–H groups in total. The van der Waals surface area contributed by atoms with E-state index in [1.54, 1.807) is 0 Å². The summed E-state index contributed by atoms with van der Waals surface area (Å²) in [4.78, 5) is 4.45. The van der Waals surface area contributed by atoms with E-state index in [-0.39, 0.29) is 12.1 Å². The summed E-state index contributed by atoms with van der Waals surface area (Å²) in [6.07, 6.45) is 4.77. The molecule has 140 valence electrons. The summed E-state index contributed by atoms with van der Waals surface area (Å²) in [7, 11) is 2.01. The lowest BCUT2D eigenvalue weighted by atomic mass is 10.1. The fourth-order valence-corrected chi connectivity index (χ4v) is 3.44. The first-order valence-corrected chi connectivity index (χ1v) is 9.37. The molecule has 3 aromatic rings. The lowest BCUT2D eigenvalue weighted by molar-refractivity contribution is 0.0893. The Kier molecular flexibility index (Phi) is 5.51. The van der Waals surface area contributed by atoms with Gasteiger partial charge in [0, 0.05) is 38.6 Å². The summed E-state index contributed by atoms with van der Waals surface area (Å²) >= 11 is 0. The quantitative estimate of drug-likeness (QED) is 0.697. The highest BCUT2D eigenvalue weighted by atomic mass is 16.5. The molecule has 0 unspecified atom stereocenters.